The third kappa shape index (κ3) is 5.57. The first kappa shape index (κ1) is 19.7. The molecular weight excluding hydrogens is 368 g/mol. The highest BCUT2D eigenvalue weighted by Gasteiger charge is 2.16. The summed E-state index contributed by atoms with van der Waals surface area (Å²) in [6, 6.07) is 4.78. The number of rotatable bonds is 7. The second-order valence-corrected chi connectivity index (χ2v) is 6.69. The Hall–Kier alpha value is -0.340. The first-order valence-corrected chi connectivity index (χ1v) is 8.27. The molecule has 116 valence electrons. The third-order valence-corrected chi connectivity index (χ3v) is 4.63. The molecule has 20 heavy (non-hydrogen) atoms. The van der Waals surface area contributed by atoms with E-state index in [1.54, 1.807) is 13.1 Å². The van der Waals surface area contributed by atoms with E-state index in [-0.39, 0.29) is 23.3 Å². The number of ether oxygens (including phenoxy) is 1. The summed E-state index contributed by atoms with van der Waals surface area (Å²) in [4.78, 5) is 0.214. The number of halogens is 2. The Morgan fingerprint density at radius 1 is 1.40 bits per heavy atom. The third-order valence-electron chi connectivity index (χ3n) is 2.59. The topological polar surface area (TPSA) is 67.4 Å². The molecule has 0 saturated heterocycles. The lowest BCUT2D eigenvalue weighted by molar-refractivity contribution is 0.338. The molecule has 8 heteroatoms. The quantitative estimate of drug-likeness (QED) is 0.752. The minimum absolute atomic E-state index is 0. The highest BCUT2D eigenvalue weighted by Crippen LogP contribution is 2.27. The van der Waals surface area contributed by atoms with E-state index in [0.29, 0.717) is 23.4 Å². The average Bonchev–Trinajstić information content (AvgIpc) is 2.38. The number of sulfonamides is 1. The van der Waals surface area contributed by atoms with Crippen LogP contribution >= 0.6 is 28.3 Å². The Morgan fingerprint density at radius 2 is 2.05 bits per heavy atom. The monoisotopic (exact) mass is 386 g/mol. The van der Waals surface area contributed by atoms with Gasteiger partial charge in [-0.25, -0.2) is 13.1 Å². The van der Waals surface area contributed by atoms with E-state index < -0.39 is 10.0 Å². The van der Waals surface area contributed by atoms with Crippen molar-refractivity contribution in [2.24, 2.45) is 0 Å². The molecule has 1 rings (SSSR count). The van der Waals surface area contributed by atoms with Gasteiger partial charge in [-0.2, -0.15) is 0 Å². The van der Waals surface area contributed by atoms with Crippen molar-refractivity contribution in [2.45, 2.75) is 24.8 Å². The summed E-state index contributed by atoms with van der Waals surface area (Å²) in [5, 5.41) is 2.97. The summed E-state index contributed by atoms with van der Waals surface area (Å²) in [5.41, 5.74) is 0. The van der Waals surface area contributed by atoms with E-state index in [4.69, 9.17) is 4.74 Å². The summed E-state index contributed by atoms with van der Waals surface area (Å²) in [7, 11) is -1.71. The SMILES string of the molecule is CCOc1ccc(S(=O)(=O)NCC(C)NC)cc1Br.Cl. The summed E-state index contributed by atoms with van der Waals surface area (Å²) < 4.78 is 32.7. The highest BCUT2D eigenvalue weighted by atomic mass is 79.9. The molecule has 0 spiro atoms. The van der Waals surface area contributed by atoms with Crippen LogP contribution in [0.5, 0.6) is 5.75 Å². The molecule has 0 radical (unpaired) electrons. The lowest BCUT2D eigenvalue weighted by Crippen LogP contribution is -2.37. The molecule has 0 aromatic heterocycles. The molecule has 0 fully saturated rings. The van der Waals surface area contributed by atoms with Crippen LogP contribution in [0.25, 0.3) is 0 Å². The van der Waals surface area contributed by atoms with Gasteiger partial charge in [-0.1, -0.05) is 0 Å². The first-order valence-electron chi connectivity index (χ1n) is 6.00. The van der Waals surface area contributed by atoms with Gasteiger partial charge in [0.25, 0.3) is 0 Å². The van der Waals surface area contributed by atoms with Gasteiger partial charge in [0, 0.05) is 12.6 Å². The molecular formula is C12H20BrClN2O3S. The number of benzene rings is 1. The maximum Gasteiger partial charge on any atom is 0.240 e. The number of hydrogen-bond acceptors (Lipinski definition) is 4. The van der Waals surface area contributed by atoms with Crippen molar-refractivity contribution in [2.75, 3.05) is 20.2 Å². The van der Waals surface area contributed by atoms with Crippen LogP contribution in [0.1, 0.15) is 13.8 Å². The smallest absolute Gasteiger partial charge is 0.240 e. The van der Waals surface area contributed by atoms with E-state index >= 15 is 0 Å². The Kier molecular flexibility index (Phi) is 8.69. The fourth-order valence-electron chi connectivity index (χ4n) is 1.34. The lowest BCUT2D eigenvalue weighted by Gasteiger charge is -2.13. The van der Waals surface area contributed by atoms with Gasteiger partial charge in [0.2, 0.25) is 10.0 Å². The Balaban J connectivity index is 0.00000361. The zero-order valence-electron chi connectivity index (χ0n) is 11.6. The Morgan fingerprint density at radius 3 is 2.55 bits per heavy atom. The predicted molar refractivity (Wildman–Crippen MR) is 86.3 cm³/mol. The fraction of sp³-hybridized carbons (Fsp3) is 0.500. The van der Waals surface area contributed by atoms with E-state index in [9.17, 15) is 8.42 Å². The standard InChI is InChI=1S/C12H19BrN2O3S.ClH/c1-4-18-12-6-5-10(7-11(12)13)19(16,17)15-8-9(2)14-3;/h5-7,9,14-15H,4,8H2,1-3H3;1H. The highest BCUT2D eigenvalue weighted by molar-refractivity contribution is 9.10. The van der Waals surface area contributed by atoms with Gasteiger partial charge < -0.3 is 10.1 Å². The summed E-state index contributed by atoms with van der Waals surface area (Å²) in [6.45, 7) is 4.64. The van der Waals surface area contributed by atoms with Gasteiger partial charge in [0.05, 0.1) is 16.0 Å². The second-order valence-electron chi connectivity index (χ2n) is 4.07. The van der Waals surface area contributed by atoms with Gasteiger partial charge in [0.15, 0.2) is 0 Å². The van der Waals surface area contributed by atoms with Crippen LogP contribution in [0.15, 0.2) is 27.6 Å². The second kappa shape index (κ2) is 8.84. The largest absolute Gasteiger partial charge is 0.493 e. The maximum absolute atomic E-state index is 12.1. The number of nitrogens with one attached hydrogen (secondary N) is 2. The molecule has 0 bridgehead atoms. The average molecular weight is 388 g/mol. The lowest BCUT2D eigenvalue weighted by atomic mass is 10.3. The van der Waals surface area contributed by atoms with E-state index in [1.807, 2.05) is 13.8 Å². The summed E-state index contributed by atoms with van der Waals surface area (Å²) in [6.07, 6.45) is 0. The van der Waals surface area contributed by atoms with Crippen molar-refractivity contribution in [3.63, 3.8) is 0 Å². The van der Waals surface area contributed by atoms with Crippen molar-refractivity contribution in [3.05, 3.63) is 22.7 Å². The van der Waals surface area contributed by atoms with Gasteiger partial charge >= 0.3 is 0 Å². The van der Waals surface area contributed by atoms with E-state index in [1.165, 1.54) is 12.1 Å². The van der Waals surface area contributed by atoms with Crippen molar-refractivity contribution >= 4 is 38.4 Å². The predicted octanol–water partition coefficient (Wildman–Crippen LogP) is 2.16. The minimum Gasteiger partial charge on any atom is -0.493 e. The molecule has 1 aromatic carbocycles. The van der Waals surface area contributed by atoms with Crippen LogP contribution in [-0.2, 0) is 10.0 Å². The summed E-state index contributed by atoms with van der Waals surface area (Å²) >= 11 is 3.30. The van der Waals surface area contributed by atoms with E-state index in [2.05, 4.69) is 26.0 Å². The molecule has 0 amide bonds. The van der Waals surface area contributed by atoms with Gasteiger partial charge in [-0.3, -0.25) is 0 Å². The normalized spacial score (nSPS) is 12.6. The molecule has 0 aliphatic rings. The van der Waals surface area contributed by atoms with Crippen LogP contribution in [-0.4, -0.2) is 34.7 Å². The minimum atomic E-state index is -3.50. The number of hydrogen-bond donors (Lipinski definition) is 2. The van der Waals surface area contributed by atoms with Crippen LogP contribution in [0.3, 0.4) is 0 Å². The molecule has 0 aliphatic heterocycles. The zero-order valence-corrected chi connectivity index (χ0v) is 14.9. The van der Waals surface area contributed by atoms with Crippen molar-refractivity contribution in [3.8, 4) is 5.75 Å². The molecule has 0 heterocycles. The van der Waals surface area contributed by atoms with Crippen molar-refractivity contribution in [1.82, 2.24) is 10.0 Å². The first-order chi connectivity index (χ1) is 8.90. The molecule has 1 atom stereocenters. The fourth-order valence-corrected chi connectivity index (χ4v) is 3.14. The van der Waals surface area contributed by atoms with Crippen LogP contribution < -0.4 is 14.8 Å². The molecule has 2 N–H and O–H groups in total. The van der Waals surface area contributed by atoms with E-state index in [0.717, 1.165) is 0 Å². The summed E-state index contributed by atoms with van der Waals surface area (Å²) in [5.74, 6) is 0.630. The molecule has 5 nitrogen and oxygen atoms in total. The molecule has 1 unspecified atom stereocenters. The van der Waals surface area contributed by atoms with Gasteiger partial charge in [-0.15, -0.1) is 12.4 Å². The molecule has 0 saturated carbocycles. The van der Waals surface area contributed by atoms with Gasteiger partial charge in [-0.05, 0) is 55.0 Å². The number of likely N-dealkylation sites (N-methyl/N-ethyl adjacent to an activating group) is 1. The maximum atomic E-state index is 12.1. The van der Waals surface area contributed by atoms with Crippen LogP contribution in [0.2, 0.25) is 0 Å². The molecule has 1 aromatic rings. The Bertz CT molecular complexity index is 525. The zero-order chi connectivity index (χ0) is 14.5. The van der Waals surface area contributed by atoms with Crippen LogP contribution in [0, 0.1) is 0 Å². The van der Waals surface area contributed by atoms with Crippen LogP contribution in [0.4, 0.5) is 0 Å². The van der Waals surface area contributed by atoms with Crippen molar-refractivity contribution in [1.29, 1.82) is 0 Å². The van der Waals surface area contributed by atoms with Gasteiger partial charge in [0.1, 0.15) is 5.75 Å². The Labute approximate surface area is 135 Å². The van der Waals surface area contributed by atoms with Crippen molar-refractivity contribution < 1.29 is 13.2 Å². The molecule has 0 aliphatic carbocycles.